The van der Waals surface area contributed by atoms with Crippen LogP contribution in [0, 0.1) is 12.1 Å². The summed E-state index contributed by atoms with van der Waals surface area (Å²) < 4.78 is 0. The van der Waals surface area contributed by atoms with Crippen molar-refractivity contribution in [2.45, 2.75) is 6.92 Å². The van der Waals surface area contributed by atoms with E-state index in [9.17, 15) is 5.21 Å². The molecule has 0 spiro atoms. The number of hydrogen-bond donors (Lipinski definition) is 1. The molecule has 4 nitrogen and oxygen atoms in total. The molecule has 7 heavy (non-hydrogen) atoms. The fourth-order valence-electron chi connectivity index (χ4n) is 0.356. The van der Waals surface area contributed by atoms with Crippen LogP contribution in [0.3, 0.4) is 0 Å². The van der Waals surface area contributed by atoms with E-state index in [4.69, 9.17) is 0 Å². The van der Waals surface area contributed by atoms with Gasteiger partial charge in [-0.1, -0.05) is 5.21 Å². The molecule has 0 radical (unpaired) electrons. The number of aromatic nitrogens is 3. The van der Waals surface area contributed by atoms with Crippen molar-refractivity contribution in [2.24, 2.45) is 0 Å². The van der Waals surface area contributed by atoms with Gasteiger partial charge in [0.2, 0.25) is 5.69 Å². The maximum atomic E-state index is 10.1. The van der Waals surface area contributed by atoms with Gasteiger partial charge in [0, 0.05) is 12.0 Å². The van der Waals surface area contributed by atoms with Crippen LogP contribution in [0.5, 0.6) is 0 Å². The fraction of sp³-hybridized carbons (Fsp3) is 0.333. The standard InChI is InChI=1S/C3H5N3O/c1-3-2-6(7)5-4-3/h2,5H,1H3. The lowest BCUT2D eigenvalue weighted by Crippen LogP contribution is -2.26. The molecule has 1 aromatic heterocycles. The smallest absolute Gasteiger partial charge is 0.215 e. The predicted octanol–water partition coefficient (Wildman–Crippen LogP) is -0.648. The first kappa shape index (κ1) is 4.11. The zero-order chi connectivity index (χ0) is 5.28. The van der Waals surface area contributed by atoms with Gasteiger partial charge in [-0.05, 0) is 0 Å². The molecule has 1 N–H and O–H groups in total. The van der Waals surface area contributed by atoms with Gasteiger partial charge in [0.25, 0.3) is 0 Å². The van der Waals surface area contributed by atoms with Gasteiger partial charge >= 0.3 is 0 Å². The first-order valence-corrected chi connectivity index (χ1v) is 1.90. The number of aryl methyl sites for hydroxylation is 1. The molecule has 0 aliphatic carbocycles. The van der Waals surface area contributed by atoms with Crippen LogP contribution in [0.25, 0.3) is 0 Å². The van der Waals surface area contributed by atoms with Crippen LogP contribution in [0.2, 0.25) is 0 Å². The number of nitrogens with zero attached hydrogens (tertiary/aromatic N) is 2. The van der Waals surface area contributed by atoms with Crippen LogP contribution in [-0.2, 0) is 0 Å². The summed E-state index contributed by atoms with van der Waals surface area (Å²) in [7, 11) is 0. The minimum Gasteiger partial charge on any atom is -0.693 e. The van der Waals surface area contributed by atoms with E-state index in [0.717, 1.165) is 0 Å². The third kappa shape index (κ3) is 0.677. The maximum absolute atomic E-state index is 10.1. The van der Waals surface area contributed by atoms with Gasteiger partial charge in [0.05, 0.1) is 0 Å². The highest BCUT2D eigenvalue weighted by atomic mass is 16.5. The monoisotopic (exact) mass is 99.0 g/mol. The lowest BCUT2D eigenvalue weighted by atomic mass is 10.6. The molecule has 0 aliphatic heterocycles. The third-order valence-corrected chi connectivity index (χ3v) is 0.629. The topological polar surface area (TPSA) is 55.6 Å². The first-order chi connectivity index (χ1) is 3.29. The summed E-state index contributed by atoms with van der Waals surface area (Å²) in [5, 5.41) is 15.8. The van der Waals surface area contributed by atoms with Crippen LogP contribution in [-0.4, -0.2) is 10.3 Å². The highest BCUT2D eigenvalue weighted by Crippen LogP contribution is 1.75. The van der Waals surface area contributed by atoms with E-state index in [-0.39, 0.29) is 0 Å². The fourth-order valence-corrected chi connectivity index (χ4v) is 0.356. The summed E-state index contributed by atoms with van der Waals surface area (Å²) in [5.41, 5.74) is 0.704. The second-order valence-electron chi connectivity index (χ2n) is 1.31. The second-order valence-corrected chi connectivity index (χ2v) is 1.31. The van der Waals surface area contributed by atoms with E-state index < -0.39 is 0 Å². The average molecular weight is 99.1 g/mol. The number of nitrogens with one attached hydrogen (secondary N) is 1. The van der Waals surface area contributed by atoms with E-state index in [1.807, 2.05) is 0 Å². The summed E-state index contributed by atoms with van der Waals surface area (Å²) in [5.74, 6) is 0. The molecule has 0 unspecified atom stereocenters. The molecule has 1 heterocycles. The molecule has 1 rings (SSSR count). The van der Waals surface area contributed by atoms with Crippen molar-refractivity contribution in [1.82, 2.24) is 10.3 Å². The van der Waals surface area contributed by atoms with Crippen LogP contribution in [0.4, 0.5) is 0 Å². The quantitative estimate of drug-likeness (QED) is 0.347. The first-order valence-electron chi connectivity index (χ1n) is 1.90. The van der Waals surface area contributed by atoms with Crippen molar-refractivity contribution in [1.29, 1.82) is 0 Å². The number of hydrogen-bond acceptors (Lipinski definition) is 2. The molecule has 0 aliphatic rings. The van der Waals surface area contributed by atoms with Crippen molar-refractivity contribution in [3.8, 4) is 0 Å². The van der Waals surface area contributed by atoms with Gasteiger partial charge in [0.15, 0.2) is 6.20 Å². The lowest BCUT2D eigenvalue weighted by Gasteiger charge is -1.85. The number of rotatable bonds is 0. The number of aromatic amines is 1. The van der Waals surface area contributed by atoms with Crippen LogP contribution in [0.15, 0.2) is 6.20 Å². The Bertz CT molecular complexity index is 142. The Morgan fingerprint density at radius 2 is 2.71 bits per heavy atom. The summed E-state index contributed by atoms with van der Waals surface area (Å²) in [6.45, 7) is 1.74. The molecule has 4 heteroatoms. The Labute approximate surface area is 40.3 Å². The van der Waals surface area contributed by atoms with Crippen molar-refractivity contribution >= 4 is 0 Å². The summed E-state index contributed by atoms with van der Waals surface area (Å²) >= 11 is 0. The second kappa shape index (κ2) is 1.22. The van der Waals surface area contributed by atoms with Crippen LogP contribution in [0.1, 0.15) is 5.69 Å². The molecule has 38 valence electrons. The molecule has 0 aromatic carbocycles. The lowest BCUT2D eigenvalue weighted by molar-refractivity contribution is -0.668. The maximum Gasteiger partial charge on any atom is 0.215 e. The zero-order valence-corrected chi connectivity index (χ0v) is 3.88. The molecular formula is C3H5N3O. The predicted molar refractivity (Wildman–Crippen MR) is 22.3 cm³/mol. The van der Waals surface area contributed by atoms with Crippen molar-refractivity contribution in [3.63, 3.8) is 0 Å². The molecule has 0 fully saturated rings. The molecular weight excluding hydrogens is 94.1 g/mol. The highest BCUT2D eigenvalue weighted by molar-refractivity contribution is 4.79. The minimum absolute atomic E-state index is 0.551. The molecule has 0 atom stereocenters. The Hall–Kier alpha value is -1.06. The highest BCUT2D eigenvalue weighted by Gasteiger charge is 1.91. The molecule has 0 amide bonds. The van der Waals surface area contributed by atoms with Gasteiger partial charge in [-0.25, -0.2) is 0 Å². The van der Waals surface area contributed by atoms with Gasteiger partial charge < -0.3 is 5.21 Å². The molecule has 1 aromatic rings. The Morgan fingerprint density at radius 3 is 2.86 bits per heavy atom. The van der Waals surface area contributed by atoms with Gasteiger partial charge in [-0.15, -0.1) is 0 Å². The largest absolute Gasteiger partial charge is 0.693 e. The van der Waals surface area contributed by atoms with Gasteiger partial charge in [0.1, 0.15) is 0 Å². The molecule has 0 bridgehead atoms. The Morgan fingerprint density at radius 1 is 2.00 bits per heavy atom. The zero-order valence-electron chi connectivity index (χ0n) is 3.88. The summed E-state index contributed by atoms with van der Waals surface area (Å²) in [6, 6.07) is 0. The van der Waals surface area contributed by atoms with Crippen molar-refractivity contribution < 1.29 is 4.85 Å². The summed E-state index contributed by atoms with van der Waals surface area (Å²) in [4.78, 5) is 0.551. The van der Waals surface area contributed by atoms with Crippen LogP contribution >= 0.6 is 0 Å². The number of H-pyrrole nitrogens is 1. The van der Waals surface area contributed by atoms with Crippen molar-refractivity contribution in [3.05, 3.63) is 17.1 Å². The molecule has 0 saturated carbocycles. The summed E-state index contributed by atoms with van der Waals surface area (Å²) in [6.07, 6.45) is 1.36. The van der Waals surface area contributed by atoms with E-state index in [2.05, 4.69) is 10.3 Å². The molecule has 0 saturated heterocycles. The Balaban J connectivity index is 3.04. The van der Waals surface area contributed by atoms with E-state index in [0.29, 0.717) is 10.5 Å². The minimum atomic E-state index is 0.551. The third-order valence-electron chi connectivity index (χ3n) is 0.629. The SMILES string of the molecule is Cc1c[n+]([O-])[nH]n1. The Kier molecular flexibility index (Phi) is 0.714. The van der Waals surface area contributed by atoms with Crippen molar-refractivity contribution in [2.75, 3.05) is 0 Å². The van der Waals surface area contributed by atoms with E-state index >= 15 is 0 Å². The average Bonchev–Trinajstić information content (AvgIpc) is 1.87. The van der Waals surface area contributed by atoms with Gasteiger partial charge in [-0.2, -0.15) is 4.85 Å². The van der Waals surface area contributed by atoms with Crippen LogP contribution < -0.4 is 4.85 Å². The van der Waals surface area contributed by atoms with E-state index in [1.165, 1.54) is 6.20 Å². The van der Waals surface area contributed by atoms with E-state index in [1.54, 1.807) is 6.92 Å². The normalized spacial score (nSPS) is 9.29. The van der Waals surface area contributed by atoms with Gasteiger partial charge in [-0.3, -0.25) is 0 Å².